The number of halogens is 1. The van der Waals surface area contributed by atoms with Gasteiger partial charge in [0.25, 0.3) is 0 Å². The van der Waals surface area contributed by atoms with Gasteiger partial charge in [0, 0.05) is 24.7 Å². The molecule has 1 saturated heterocycles. The topological polar surface area (TPSA) is 66.5 Å². The van der Waals surface area contributed by atoms with E-state index in [-0.39, 0.29) is 23.3 Å². The smallest absolute Gasteiger partial charge is 0.243 e. The zero-order valence-corrected chi connectivity index (χ0v) is 16.0. The molecule has 7 heteroatoms. The minimum atomic E-state index is -3.63. The minimum absolute atomic E-state index is 0.0643. The molecule has 134 valence electrons. The summed E-state index contributed by atoms with van der Waals surface area (Å²) in [5, 5.41) is 3.33. The fourth-order valence-electron chi connectivity index (χ4n) is 2.71. The van der Waals surface area contributed by atoms with Gasteiger partial charge in [-0.3, -0.25) is 4.79 Å². The predicted molar refractivity (Wildman–Crippen MR) is 95.5 cm³/mol. The van der Waals surface area contributed by atoms with E-state index in [1.807, 2.05) is 20.8 Å². The Balaban J connectivity index is 2.12. The van der Waals surface area contributed by atoms with Gasteiger partial charge in [0.1, 0.15) is 0 Å². The largest absolute Gasteiger partial charge is 0.356 e. The van der Waals surface area contributed by atoms with Gasteiger partial charge < -0.3 is 5.32 Å². The summed E-state index contributed by atoms with van der Waals surface area (Å²) in [6, 6.07) is 4.75. The van der Waals surface area contributed by atoms with Crippen molar-refractivity contribution in [3.05, 3.63) is 28.8 Å². The molecule has 1 amide bonds. The number of hydrogen-bond acceptors (Lipinski definition) is 3. The summed E-state index contributed by atoms with van der Waals surface area (Å²) in [4.78, 5) is 12.4. The molecule has 1 heterocycles. The monoisotopic (exact) mass is 372 g/mol. The molecule has 0 bridgehead atoms. The maximum Gasteiger partial charge on any atom is 0.243 e. The molecule has 0 radical (unpaired) electrons. The lowest BCUT2D eigenvalue weighted by Crippen LogP contribution is -2.45. The predicted octanol–water partition coefficient (Wildman–Crippen LogP) is 2.82. The lowest BCUT2D eigenvalue weighted by atomic mass is 9.98. The molecular formula is C17H25ClN2O3S. The Hall–Kier alpha value is -1.11. The summed E-state index contributed by atoms with van der Waals surface area (Å²) in [5.74, 6) is 0.00538. The van der Waals surface area contributed by atoms with Crippen molar-refractivity contribution in [1.29, 1.82) is 0 Å². The van der Waals surface area contributed by atoms with E-state index in [1.54, 1.807) is 12.1 Å². The van der Waals surface area contributed by atoms with Gasteiger partial charge in [0.15, 0.2) is 0 Å². The summed E-state index contributed by atoms with van der Waals surface area (Å²) < 4.78 is 27.0. The van der Waals surface area contributed by atoms with Gasteiger partial charge >= 0.3 is 0 Å². The molecule has 0 aromatic heterocycles. The normalized spacial score (nSPS) is 19.5. The van der Waals surface area contributed by atoms with Crippen LogP contribution in [0.15, 0.2) is 23.1 Å². The Morgan fingerprint density at radius 2 is 2.12 bits per heavy atom. The van der Waals surface area contributed by atoms with E-state index < -0.39 is 10.0 Å². The van der Waals surface area contributed by atoms with Gasteiger partial charge in [-0.1, -0.05) is 31.5 Å². The summed E-state index contributed by atoms with van der Waals surface area (Å²) in [5.41, 5.74) is 0.834. The standard InChI is InChI=1S/C17H25ClN2O3S/c1-12(2)10-19-17(21)14-5-4-8-20(11-14)24(22,23)15-7-6-13(3)16(18)9-15/h6-7,9,12,14H,4-5,8,10-11H2,1-3H3,(H,19,21)/t14-/m0/s1. The number of nitrogens with zero attached hydrogens (tertiary/aromatic N) is 1. The van der Waals surface area contributed by atoms with Crippen LogP contribution >= 0.6 is 11.6 Å². The molecule has 1 aliphatic rings. The molecule has 24 heavy (non-hydrogen) atoms. The maximum atomic E-state index is 12.8. The van der Waals surface area contributed by atoms with Gasteiger partial charge in [0.05, 0.1) is 10.8 Å². The van der Waals surface area contributed by atoms with E-state index in [0.29, 0.717) is 36.9 Å². The van der Waals surface area contributed by atoms with Crippen LogP contribution in [0, 0.1) is 18.8 Å². The van der Waals surface area contributed by atoms with Crippen LogP contribution in [0.1, 0.15) is 32.3 Å². The maximum absolute atomic E-state index is 12.8. The molecule has 1 N–H and O–H groups in total. The van der Waals surface area contributed by atoms with Crippen molar-refractivity contribution in [2.24, 2.45) is 11.8 Å². The fourth-order valence-corrected chi connectivity index (χ4v) is 4.50. The number of carbonyl (C=O) groups excluding carboxylic acids is 1. The number of amides is 1. The Morgan fingerprint density at radius 3 is 2.75 bits per heavy atom. The van der Waals surface area contributed by atoms with Crippen molar-refractivity contribution in [3.8, 4) is 0 Å². The van der Waals surface area contributed by atoms with Gasteiger partial charge in [-0.2, -0.15) is 4.31 Å². The Kier molecular flexibility index (Phi) is 6.28. The van der Waals surface area contributed by atoms with Gasteiger partial charge in [-0.05, 0) is 43.4 Å². The van der Waals surface area contributed by atoms with Crippen molar-refractivity contribution < 1.29 is 13.2 Å². The first kappa shape index (κ1) is 19.2. The van der Waals surface area contributed by atoms with Crippen LogP contribution in [-0.2, 0) is 14.8 Å². The molecule has 0 aliphatic carbocycles. The third-order valence-corrected chi connectivity index (χ3v) is 6.49. The highest BCUT2D eigenvalue weighted by Gasteiger charge is 2.33. The number of aryl methyl sites for hydroxylation is 1. The number of piperidine rings is 1. The second kappa shape index (κ2) is 7.85. The van der Waals surface area contributed by atoms with Crippen LogP contribution in [0.25, 0.3) is 0 Å². The zero-order valence-electron chi connectivity index (χ0n) is 14.4. The number of rotatable bonds is 5. The third-order valence-electron chi connectivity index (χ3n) is 4.22. The molecule has 1 aliphatic heterocycles. The molecular weight excluding hydrogens is 348 g/mol. The number of benzene rings is 1. The second-order valence-corrected chi connectivity index (χ2v) is 9.10. The van der Waals surface area contributed by atoms with Crippen LogP contribution in [-0.4, -0.2) is 38.3 Å². The van der Waals surface area contributed by atoms with Gasteiger partial charge in [-0.15, -0.1) is 0 Å². The highest BCUT2D eigenvalue weighted by molar-refractivity contribution is 7.89. The van der Waals surface area contributed by atoms with Crippen LogP contribution in [0.4, 0.5) is 0 Å². The van der Waals surface area contributed by atoms with Crippen molar-refractivity contribution in [3.63, 3.8) is 0 Å². The fraction of sp³-hybridized carbons (Fsp3) is 0.588. The molecule has 2 rings (SSSR count). The molecule has 5 nitrogen and oxygen atoms in total. The first-order valence-corrected chi connectivity index (χ1v) is 10.1. The Morgan fingerprint density at radius 1 is 1.42 bits per heavy atom. The number of hydrogen-bond donors (Lipinski definition) is 1. The van der Waals surface area contributed by atoms with E-state index in [1.165, 1.54) is 10.4 Å². The van der Waals surface area contributed by atoms with E-state index in [2.05, 4.69) is 5.32 Å². The summed E-state index contributed by atoms with van der Waals surface area (Å²) >= 11 is 6.06. The lowest BCUT2D eigenvalue weighted by molar-refractivity contribution is -0.126. The summed E-state index contributed by atoms with van der Waals surface area (Å²) in [6.07, 6.45) is 1.39. The van der Waals surface area contributed by atoms with Gasteiger partial charge in [0.2, 0.25) is 15.9 Å². The van der Waals surface area contributed by atoms with Crippen molar-refractivity contribution in [2.45, 2.75) is 38.5 Å². The quantitative estimate of drug-likeness (QED) is 0.864. The van der Waals surface area contributed by atoms with Crippen molar-refractivity contribution in [2.75, 3.05) is 19.6 Å². The number of sulfonamides is 1. The Labute approximate surface area is 149 Å². The first-order valence-electron chi connectivity index (χ1n) is 8.26. The summed E-state index contributed by atoms with van der Waals surface area (Å²) in [6.45, 7) is 7.14. The summed E-state index contributed by atoms with van der Waals surface area (Å²) in [7, 11) is -3.63. The molecule has 0 spiro atoms. The van der Waals surface area contributed by atoms with Crippen LogP contribution in [0.5, 0.6) is 0 Å². The highest BCUT2D eigenvalue weighted by Crippen LogP contribution is 2.26. The van der Waals surface area contributed by atoms with Crippen LogP contribution in [0.3, 0.4) is 0 Å². The van der Waals surface area contributed by atoms with Crippen molar-refractivity contribution in [1.82, 2.24) is 9.62 Å². The Bertz CT molecular complexity index is 704. The van der Waals surface area contributed by atoms with E-state index >= 15 is 0 Å². The average molecular weight is 373 g/mol. The van der Waals surface area contributed by atoms with E-state index in [4.69, 9.17) is 11.6 Å². The number of carbonyl (C=O) groups is 1. The van der Waals surface area contributed by atoms with Crippen LogP contribution in [0.2, 0.25) is 5.02 Å². The van der Waals surface area contributed by atoms with Crippen LogP contribution < -0.4 is 5.32 Å². The third kappa shape index (κ3) is 4.49. The molecule has 1 atom stereocenters. The van der Waals surface area contributed by atoms with Gasteiger partial charge in [-0.25, -0.2) is 8.42 Å². The van der Waals surface area contributed by atoms with E-state index in [0.717, 1.165) is 5.56 Å². The lowest BCUT2D eigenvalue weighted by Gasteiger charge is -2.31. The molecule has 1 aromatic rings. The minimum Gasteiger partial charge on any atom is -0.356 e. The SMILES string of the molecule is Cc1ccc(S(=O)(=O)N2CCC[C@H](C(=O)NCC(C)C)C2)cc1Cl. The molecule has 0 unspecified atom stereocenters. The first-order chi connectivity index (χ1) is 11.2. The van der Waals surface area contributed by atoms with E-state index in [9.17, 15) is 13.2 Å². The second-order valence-electron chi connectivity index (χ2n) is 6.75. The molecule has 0 saturated carbocycles. The number of nitrogens with one attached hydrogen (secondary N) is 1. The zero-order chi connectivity index (χ0) is 17.9. The van der Waals surface area contributed by atoms with Crippen molar-refractivity contribution >= 4 is 27.5 Å². The highest BCUT2D eigenvalue weighted by atomic mass is 35.5. The molecule has 1 aromatic carbocycles. The molecule has 1 fully saturated rings. The average Bonchev–Trinajstić information content (AvgIpc) is 2.55.